The maximum atomic E-state index is 4.05. The van der Waals surface area contributed by atoms with Gasteiger partial charge in [-0.05, 0) is 87.8 Å². The molecule has 1 aromatic heterocycles. The molecule has 0 saturated carbocycles. The number of rotatable bonds is 8. The average molecular weight is 394 g/mol. The maximum absolute atomic E-state index is 4.05. The number of likely N-dealkylation sites (tertiary alicyclic amines) is 1. The summed E-state index contributed by atoms with van der Waals surface area (Å²) in [4.78, 5) is 6.64. The van der Waals surface area contributed by atoms with Crippen molar-refractivity contribution in [3.8, 4) is 0 Å². The molecule has 3 rings (SSSR count). The van der Waals surface area contributed by atoms with Gasteiger partial charge in [0.25, 0.3) is 0 Å². The van der Waals surface area contributed by atoms with E-state index < -0.39 is 0 Å². The van der Waals surface area contributed by atoms with Crippen LogP contribution in [0.4, 0.5) is 0 Å². The molecule has 0 bridgehead atoms. The fourth-order valence-corrected chi connectivity index (χ4v) is 3.68. The third-order valence-electron chi connectivity index (χ3n) is 5.68. The topological polar surface area (TPSA) is 28.2 Å². The van der Waals surface area contributed by atoms with Gasteiger partial charge in [-0.25, -0.2) is 0 Å². The average Bonchev–Trinajstić information content (AvgIpc) is 2.77. The van der Waals surface area contributed by atoms with E-state index in [4.69, 9.17) is 0 Å². The summed E-state index contributed by atoms with van der Waals surface area (Å²) in [6, 6.07) is 12.9. The number of likely N-dealkylation sites (N-methyl/N-ethyl adjacent to an activating group) is 1. The van der Waals surface area contributed by atoms with Gasteiger partial charge in [0.05, 0.1) is 0 Å². The third-order valence-corrected chi connectivity index (χ3v) is 5.68. The molecular formula is C26H39N3. The third kappa shape index (κ3) is 9.38. The standard InChI is InChI=1S/C16H26N2.C10H13N/c1-17-11-14-18-12-9-16(10-13-18)8-7-15-5-3-2-4-6-15;1-3-4-5-10-8-11-7-6-9(10)2/h2-6,16-17H,7-14H2,1H3;4-8H,3H2,1-2H3/b;5-4-. The van der Waals surface area contributed by atoms with E-state index in [2.05, 4.69) is 71.5 Å². The van der Waals surface area contributed by atoms with Crippen molar-refractivity contribution in [3.05, 3.63) is 71.6 Å². The van der Waals surface area contributed by atoms with Crippen LogP contribution in [0.1, 0.15) is 49.3 Å². The SMILES string of the molecule is CC/C=C\c1cnccc1C.CNCCN1CCC(CCc2ccccc2)CC1. The number of nitrogens with one attached hydrogen (secondary N) is 1. The zero-order valence-corrected chi connectivity index (χ0v) is 18.6. The zero-order chi connectivity index (χ0) is 20.7. The van der Waals surface area contributed by atoms with E-state index in [1.807, 2.05) is 25.5 Å². The molecule has 1 saturated heterocycles. The lowest BCUT2D eigenvalue weighted by Crippen LogP contribution is -2.37. The van der Waals surface area contributed by atoms with Crippen molar-refractivity contribution >= 4 is 6.08 Å². The molecule has 1 fully saturated rings. The van der Waals surface area contributed by atoms with Crippen LogP contribution >= 0.6 is 0 Å². The van der Waals surface area contributed by atoms with Gasteiger partial charge in [-0.2, -0.15) is 0 Å². The summed E-state index contributed by atoms with van der Waals surface area (Å²) < 4.78 is 0. The first-order valence-corrected chi connectivity index (χ1v) is 11.2. The molecule has 0 atom stereocenters. The van der Waals surface area contributed by atoms with E-state index in [1.165, 1.54) is 62.0 Å². The van der Waals surface area contributed by atoms with Gasteiger partial charge in [0.2, 0.25) is 0 Å². The van der Waals surface area contributed by atoms with Crippen molar-refractivity contribution in [1.29, 1.82) is 0 Å². The van der Waals surface area contributed by atoms with Crippen molar-refractivity contribution in [3.63, 3.8) is 0 Å². The van der Waals surface area contributed by atoms with Crippen LogP contribution in [0.5, 0.6) is 0 Å². The van der Waals surface area contributed by atoms with Gasteiger partial charge in [0.15, 0.2) is 0 Å². The molecular weight excluding hydrogens is 354 g/mol. The van der Waals surface area contributed by atoms with E-state index in [0.29, 0.717) is 0 Å². The lowest BCUT2D eigenvalue weighted by atomic mass is 9.90. The summed E-state index contributed by atoms with van der Waals surface area (Å²) in [5, 5.41) is 3.23. The molecule has 3 nitrogen and oxygen atoms in total. The lowest BCUT2D eigenvalue weighted by Gasteiger charge is -2.31. The molecule has 0 radical (unpaired) electrons. The summed E-state index contributed by atoms with van der Waals surface area (Å²) in [5.41, 5.74) is 3.99. The minimum Gasteiger partial charge on any atom is -0.318 e. The van der Waals surface area contributed by atoms with E-state index in [0.717, 1.165) is 18.9 Å². The molecule has 0 aliphatic carbocycles. The van der Waals surface area contributed by atoms with Crippen molar-refractivity contribution in [2.24, 2.45) is 5.92 Å². The summed E-state index contributed by atoms with van der Waals surface area (Å²) in [5.74, 6) is 0.941. The van der Waals surface area contributed by atoms with Gasteiger partial charge in [-0.1, -0.05) is 49.4 Å². The minimum atomic E-state index is 0.941. The Kier molecular flexibility index (Phi) is 11.3. The highest BCUT2D eigenvalue weighted by atomic mass is 15.1. The molecule has 3 heteroatoms. The highest BCUT2D eigenvalue weighted by Gasteiger charge is 2.18. The Labute approximate surface area is 178 Å². The Morgan fingerprint density at radius 2 is 1.90 bits per heavy atom. The molecule has 1 aliphatic rings. The zero-order valence-electron chi connectivity index (χ0n) is 18.6. The molecule has 1 aliphatic heterocycles. The normalized spacial score (nSPS) is 15.3. The Bertz CT molecular complexity index is 688. The summed E-state index contributed by atoms with van der Waals surface area (Å²) in [6.07, 6.45) is 14.4. The summed E-state index contributed by atoms with van der Waals surface area (Å²) in [7, 11) is 2.03. The van der Waals surface area contributed by atoms with Crippen molar-refractivity contribution in [1.82, 2.24) is 15.2 Å². The number of aryl methyl sites for hydroxylation is 2. The first kappa shape index (κ1) is 23.3. The van der Waals surface area contributed by atoms with Gasteiger partial charge < -0.3 is 10.2 Å². The number of aromatic nitrogens is 1. The lowest BCUT2D eigenvalue weighted by molar-refractivity contribution is 0.181. The number of allylic oxidation sites excluding steroid dienone is 1. The van der Waals surface area contributed by atoms with Gasteiger partial charge in [0, 0.05) is 25.5 Å². The maximum Gasteiger partial charge on any atom is 0.0342 e. The number of pyridine rings is 1. The van der Waals surface area contributed by atoms with Crippen LogP contribution in [0.25, 0.3) is 6.08 Å². The van der Waals surface area contributed by atoms with Crippen LogP contribution in [0.15, 0.2) is 54.9 Å². The predicted octanol–water partition coefficient (Wildman–Crippen LogP) is 5.36. The molecule has 1 N–H and O–H groups in total. The van der Waals surface area contributed by atoms with Gasteiger partial charge in [-0.3, -0.25) is 4.98 Å². The van der Waals surface area contributed by atoms with E-state index in [-0.39, 0.29) is 0 Å². The van der Waals surface area contributed by atoms with E-state index >= 15 is 0 Å². The molecule has 0 spiro atoms. The Hall–Kier alpha value is -1.97. The monoisotopic (exact) mass is 393 g/mol. The second-order valence-corrected chi connectivity index (χ2v) is 7.96. The summed E-state index contributed by atoms with van der Waals surface area (Å²) in [6.45, 7) is 9.14. The molecule has 158 valence electrons. The van der Waals surface area contributed by atoms with Crippen LogP contribution < -0.4 is 5.32 Å². The molecule has 0 unspecified atom stereocenters. The van der Waals surface area contributed by atoms with Gasteiger partial charge in [0.1, 0.15) is 0 Å². The Morgan fingerprint density at radius 3 is 2.55 bits per heavy atom. The van der Waals surface area contributed by atoms with Crippen molar-refractivity contribution in [2.75, 3.05) is 33.2 Å². The number of hydrogen-bond donors (Lipinski definition) is 1. The molecule has 2 heterocycles. The molecule has 1 aromatic carbocycles. The molecule has 2 aromatic rings. The Balaban J connectivity index is 0.000000234. The smallest absolute Gasteiger partial charge is 0.0342 e. The Morgan fingerprint density at radius 1 is 1.14 bits per heavy atom. The van der Waals surface area contributed by atoms with Crippen LogP contribution in [0, 0.1) is 12.8 Å². The number of benzene rings is 1. The van der Waals surface area contributed by atoms with Crippen LogP contribution in [-0.4, -0.2) is 43.1 Å². The fourth-order valence-electron chi connectivity index (χ4n) is 3.68. The van der Waals surface area contributed by atoms with E-state index in [1.54, 1.807) is 0 Å². The van der Waals surface area contributed by atoms with Crippen molar-refractivity contribution in [2.45, 2.75) is 46.0 Å². The number of piperidine rings is 1. The minimum absolute atomic E-state index is 0.941. The van der Waals surface area contributed by atoms with Gasteiger partial charge in [-0.15, -0.1) is 0 Å². The first-order valence-electron chi connectivity index (χ1n) is 11.2. The second-order valence-electron chi connectivity index (χ2n) is 7.96. The second kappa shape index (κ2) is 14.1. The quantitative estimate of drug-likeness (QED) is 0.654. The van der Waals surface area contributed by atoms with Gasteiger partial charge >= 0.3 is 0 Å². The number of nitrogens with zero attached hydrogens (tertiary/aromatic N) is 2. The van der Waals surface area contributed by atoms with Crippen LogP contribution in [0.3, 0.4) is 0 Å². The fraction of sp³-hybridized carbons (Fsp3) is 0.500. The van der Waals surface area contributed by atoms with Crippen LogP contribution in [-0.2, 0) is 6.42 Å². The first-order chi connectivity index (χ1) is 14.2. The largest absolute Gasteiger partial charge is 0.318 e. The molecule has 29 heavy (non-hydrogen) atoms. The molecule has 0 amide bonds. The highest BCUT2D eigenvalue weighted by Crippen LogP contribution is 2.22. The summed E-state index contributed by atoms with van der Waals surface area (Å²) >= 11 is 0. The highest BCUT2D eigenvalue weighted by molar-refractivity contribution is 5.51. The number of hydrogen-bond acceptors (Lipinski definition) is 3. The predicted molar refractivity (Wildman–Crippen MR) is 126 cm³/mol. The van der Waals surface area contributed by atoms with E-state index in [9.17, 15) is 0 Å². The van der Waals surface area contributed by atoms with Crippen molar-refractivity contribution < 1.29 is 0 Å². The van der Waals surface area contributed by atoms with Crippen LogP contribution in [0.2, 0.25) is 0 Å².